The van der Waals surface area contributed by atoms with Gasteiger partial charge in [-0.25, -0.2) is 0 Å². The van der Waals surface area contributed by atoms with Crippen molar-refractivity contribution < 1.29 is 9.59 Å². The fourth-order valence-electron chi connectivity index (χ4n) is 2.08. The highest BCUT2D eigenvalue weighted by Gasteiger charge is 2.21. The van der Waals surface area contributed by atoms with Crippen molar-refractivity contribution in [1.29, 1.82) is 0 Å². The summed E-state index contributed by atoms with van der Waals surface area (Å²) >= 11 is 0. The van der Waals surface area contributed by atoms with E-state index in [1.54, 1.807) is 12.1 Å². The molecule has 1 fully saturated rings. The molecule has 0 bridgehead atoms. The van der Waals surface area contributed by atoms with Gasteiger partial charge in [0.05, 0.1) is 0 Å². The highest BCUT2D eigenvalue weighted by Crippen LogP contribution is 2.10. The summed E-state index contributed by atoms with van der Waals surface area (Å²) in [5.74, 6) is -0.413. The molecule has 1 aromatic carbocycles. The minimum absolute atomic E-state index is 0.0143. The summed E-state index contributed by atoms with van der Waals surface area (Å²) in [6, 6.07) is 7.20. The zero-order chi connectivity index (χ0) is 13.7. The monoisotopic (exact) mass is 261 g/mol. The Hall–Kier alpha value is -1.88. The fraction of sp³-hybridized carbons (Fsp3) is 0.429. The molecular formula is C14H19N3O2. The molecule has 5 heteroatoms. The van der Waals surface area contributed by atoms with Crippen molar-refractivity contribution in [2.24, 2.45) is 5.92 Å². The first-order valence-electron chi connectivity index (χ1n) is 6.54. The SMILES string of the molecule is Cc1ccc(C(=O)NNC(=O)C2CCNCC2)cc1. The van der Waals surface area contributed by atoms with E-state index in [0.717, 1.165) is 31.5 Å². The van der Waals surface area contributed by atoms with Gasteiger partial charge in [0.25, 0.3) is 5.91 Å². The van der Waals surface area contributed by atoms with E-state index < -0.39 is 0 Å². The predicted octanol–water partition coefficient (Wildman–Crippen LogP) is 0.756. The summed E-state index contributed by atoms with van der Waals surface area (Å²) < 4.78 is 0. The normalized spacial score (nSPS) is 15.8. The second-order valence-electron chi connectivity index (χ2n) is 4.83. The molecule has 3 N–H and O–H groups in total. The third-order valence-corrected chi connectivity index (χ3v) is 3.32. The Labute approximate surface area is 112 Å². The van der Waals surface area contributed by atoms with Gasteiger partial charge < -0.3 is 5.32 Å². The average Bonchev–Trinajstić information content (AvgIpc) is 2.46. The van der Waals surface area contributed by atoms with Crippen LogP contribution < -0.4 is 16.2 Å². The lowest BCUT2D eigenvalue weighted by Crippen LogP contribution is -2.46. The number of benzene rings is 1. The molecule has 1 aromatic rings. The van der Waals surface area contributed by atoms with E-state index in [1.165, 1.54) is 0 Å². The van der Waals surface area contributed by atoms with Crippen LogP contribution in [0.3, 0.4) is 0 Å². The summed E-state index contributed by atoms with van der Waals surface area (Å²) in [6.07, 6.45) is 1.62. The van der Waals surface area contributed by atoms with Crippen LogP contribution in [0.5, 0.6) is 0 Å². The van der Waals surface area contributed by atoms with E-state index in [1.807, 2.05) is 19.1 Å². The van der Waals surface area contributed by atoms with Crippen molar-refractivity contribution in [2.45, 2.75) is 19.8 Å². The minimum atomic E-state index is -0.290. The number of carbonyl (C=O) groups excluding carboxylic acids is 2. The molecule has 1 saturated heterocycles. The molecule has 0 saturated carbocycles. The molecule has 0 radical (unpaired) electrons. The van der Waals surface area contributed by atoms with E-state index in [-0.39, 0.29) is 17.7 Å². The number of amides is 2. The molecular weight excluding hydrogens is 242 g/mol. The Kier molecular flexibility index (Phi) is 4.52. The van der Waals surface area contributed by atoms with Crippen molar-refractivity contribution in [3.8, 4) is 0 Å². The largest absolute Gasteiger partial charge is 0.317 e. The topological polar surface area (TPSA) is 70.2 Å². The number of hydrazine groups is 1. The van der Waals surface area contributed by atoms with E-state index in [4.69, 9.17) is 0 Å². The van der Waals surface area contributed by atoms with Gasteiger partial charge in [-0.3, -0.25) is 20.4 Å². The molecule has 19 heavy (non-hydrogen) atoms. The standard InChI is InChI=1S/C14H19N3O2/c1-10-2-4-11(5-3-10)13(18)16-17-14(19)12-6-8-15-9-7-12/h2-5,12,15H,6-9H2,1H3,(H,16,18)(H,17,19). The van der Waals surface area contributed by atoms with E-state index >= 15 is 0 Å². The molecule has 102 valence electrons. The van der Waals surface area contributed by atoms with Gasteiger partial charge in [-0.05, 0) is 45.0 Å². The van der Waals surface area contributed by atoms with E-state index in [0.29, 0.717) is 5.56 Å². The van der Waals surface area contributed by atoms with Gasteiger partial charge in [0.15, 0.2) is 0 Å². The van der Waals surface area contributed by atoms with Gasteiger partial charge in [-0.15, -0.1) is 0 Å². The smallest absolute Gasteiger partial charge is 0.269 e. The van der Waals surface area contributed by atoms with Gasteiger partial charge in [0.1, 0.15) is 0 Å². The van der Waals surface area contributed by atoms with Crippen LogP contribution in [0, 0.1) is 12.8 Å². The number of piperidine rings is 1. The number of nitrogens with one attached hydrogen (secondary N) is 3. The first-order valence-corrected chi connectivity index (χ1v) is 6.54. The van der Waals surface area contributed by atoms with Crippen LogP contribution >= 0.6 is 0 Å². The lowest BCUT2D eigenvalue weighted by molar-refractivity contribution is -0.126. The third kappa shape index (κ3) is 3.79. The summed E-state index contributed by atoms with van der Waals surface area (Å²) in [4.78, 5) is 23.6. The summed E-state index contributed by atoms with van der Waals surface area (Å²) in [5.41, 5.74) is 6.59. The summed E-state index contributed by atoms with van der Waals surface area (Å²) in [7, 11) is 0. The molecule has 1 heterocycles. The molecule has 1 aliphatic rings. The third-order valence-electron chi connectivity index (χ3n) is 3.32. The lowest BCUT2D eigenvalue weighted by atomic mass is 9.98. The number of hydrogen-bond donors (Lipinski definition) is 3. The van der Waals surface area contributed by atoms with Gasteiger partial charge in [-0.2, -0.15) is 0 Å². The Bertz CT molecular complexity index is 450. The highest BCUT2D eigenvalue weighted by atomic mass is 16.2. The molecule has 2 amide bonds. The van der Waals surface area contributed by atoms with Crippen molar-refractivity contribution in [1.82, 2.24) is 16.2 Å². The van der Waals surface area contributed by atoms with Crippen LogP contribution in [0.4, 0.5) is 0 Å². The molecule has 1 aliphatic heterocycles. The first-order chi connectivity index (χ1) is 9.16. The lowest BCUT2D eigenvalue weighted by Gasteiger charge is -2.21. The van der Waals surface area contributed by atoms with Gasteiger partial charge in [0.2, 0.25) is 5.91 Å². The van der Waals surface area contributed by atoms with Crippen LogP contribution in [-0.2, 0) is 4.79 Å². The maximum atomic E-state index is 11.8. The molecule has 5 nitrogen and oxygen atoms in total. The first kappa shape index (κ1) is 13.5. The Morgan fingerprint density at radius 2 is 1.74 bits per heavy atom. The molecule has 0 aromatic heterocycles. The zero-order valence-electron chi connectivity index (χ0n) is 11.0. The van der Waals surface area contributed by atoms with Crippen LogP contribution in [0.15, 0.2) is 24.3 Å². The summed E-state index contributed by atoms with van der Waals surface area (Å²) in [6.45, 7) is 3.66. The van der Waals surface area contributed by atoms with Crippen LogP contribution in [0.2, 0.25) is 0 Å². The van der Waals surface area contributed by atoms with Gasteiger partial charge >= 0.3 is 0 Å². The van der Waals surface area contributed by atoms with Crippen LogP contribution in [0.1, 0.15) is 28.8 Å². The number of carbonyl (C=O) groups is 2. The molecule has 0 aliphatic carbocycles. The van der Waals surface area contributed by atoms with Crippen molar-refractivity contribution in [3.05, 3.63) is 35.4 Å². The zero-order valence-corrected chi connectivity index (χ0v) is 11.0. The average molecular weight is 261 g/mol. The second kappa shape index (κ2) is 6.33. The quantitative estimate of drug-likeness (QED) is 0.688. The van der Waals surface area contributed by atoms with Crippen LogP contribution in [-0.4, -0.2) is 24.9 Å². The Balaban J connectivity index is 1.82. The number of aryl methyl sites for hydroxylation is 1. The maximum Gasteiger partial charge on any atom is 0.269 e. The summed E-state index contributed by atoms with van der Waals surface area (Å²) in [5, 5.41) is 3.20. The van der Waals surface area contributed by atoms with Crippen LogP contribution in [0.25, 0.3) is 0 Å². The number of hydrogen-bond acceptors (Lipinski definition) is 3. The number of rotatable bonds is 2. The van der Waals surface area contributed by atoms with Gasteiger partial charge in [0, 0.05) is 11.5 Å². The highest BCUT2D eigenvalue weighted by molar-refractivity contribution is 5.95. The van der Waals surface area contributed by atoms with E-state index in [2.05, 4.69) is 16.2 Å². The van der Waals surface area contributed by atoms with E-state index in [9.17, 15) is 9.59 Å². The van der Waals surface area contributed by atoms with Crippen molar-refractivity contribution >= 4 is 11.8 Å². The van der Waals surface area contributed by atoms with Crippen molar-refractivity contribution in [3.63, 3.8) is 0 Å². The Morgan fingerprint density at radius 3 is 2.37 bits per heavy atom. The van der Waals surface area contributed by atoms with Gasteiger partial charge in [-0.1, -0.05) is 17.7 Å². The molecule has 0 spiro atoms. The molecule has 2 rings (SSSR count). The van der Waals surface area contributed by atoms with Crippen molar-refractivity contribution in [2.75, 3.05) is 13.1 Å². The molecule has 0 unspecified atom stereocenters. The Morgan fingerprint density at radius 1 is 1.11 bits per heavy atom. The molecule has 0 atom stereocenters. The predicted molar refractivity (Wildman–Crippen MR) is 72.4 cm³/mol. The minimum Gasteiger partial charge on any atom is -0.317 e. The fourth-order valence-corrected chi connectivity index (χ4v) is 2.08. The second-order valence-corrected chi connectivity index (χ2v) is 4.83. The maximum absolute atomic E-state index is 11.8.